The lowest BCUT2D eigenvalue weighted by molar-refractivity contribution is 0.230. The summed E-state index contributed by atoms with van der Waals surface area (Å²) in [6, 6.07) is 4.13. The Kier molecular flexibility index (Phi) is 5.29. The van der Waals surface area contributed by atoms with Gasteiger partial charge in [0.2, 0.25) is 0 Å². The number of rotatable bonds is 6. The number of methoxy groups -OCH3 is 1. The van der Waals surface area contributed by atoms with Crippen molar-refractivity contribution < 1.29 is 9.84 Å². The SMILES string of the molecule is CCC(CO)CNc1cc(C)c(C)cc1OC. The molecule has 1 unspecified atom stereocenters. The van der Waals surface area contributed by atoms with Crippen molar-refractivity contribution in [2.24, 2.45) is 5.92 Å². The molecule has 3 nitrogen and oxygen atoms in total. The Morgan fingerprint density at radius 1 is 1.29 bits per heavy atom. The molecule has 0 amide bonds. The highest BCUT2D eigenvalue weighted by molar-refractivity contribution is 5.60. The molecule has 0 heterocycles. The predicted molar refractivity (Wildman–Crippen MR) is 71.8 cm³/mol. The molecule has 1 rings (SSSR count). The van der Waals surface area contributed by atoms with Gasteiger partial charge in [-0.15, -0.1) is 0 Å². The maximum Gasteiger partial charge on any atom is 0.142 e. The van der Waals surface area contributed by atoms with E-state index >= 15 is 0 Å². The van der Waals surface area contributed by atoms with Gasteiger partial charge < -0.3 is 15.2 Å². The van der Waals surface area contributed by atoms with Crippen molar-refractivity contribution in [3.05, 3.63) is 23.3 Å². The summed E-state index contributed by atoms with van der Waals surface area (Å²) in [6.45, 7) is 7.23. The van der Waals surface area contributed by atoms with E-state index in [-0.39, 0.29) is 6.61 Å². The highest BCUT2D eigenvalue weighted by Gasteiger charge is 2.08. The van der Waals surface area contributed by atoms with Gasteiger partial charge in [-0.3, -0.25) is 0 Å². The maximum atomic E-state index is 9.16. The van der Waals surface area contributed by atoms with Crippen molar-refractivity contribution in [3.8, 4) is 5.75 Å². The predicted octanol–water partition coefficient (Wildman–Crippen LogP) is 2.74. The molecule has 96 valence electrons. The molecule has 0 saturated carbocycles. The number of nitrogens with one attached hydrogen (secondary N) is 1. The zero-order valence-electron chi connectivity index (χ0n) is 11.2. The van der Waals surface area contributed by atoms with Gasteiger partial charge >= 0.3 is 0 Å². The molecule has 1 aromatic rings. The van der Waals surface area contributed by atoms with Crippen LogP contribution < -0.4 is 10.1 Å². The van der Waals surface area contributed by atoms with E-state index in [0.29, 0.717) is 5.92 Å². The number of aliphatic hydroxyl groups is 1. The van der Waals surface area contributed by atoms with Crippen LogP contribution in [0.3, 0.4) is 0 Å². The summed E-state index contributed by atoms with van der Waals surface area (Å²) in [6.07, 6.45) is 0.969. The third kappa shape index (κ3) is 3.63. The molecule has 3 heteroatoms. The number of anilines is 1. The van der Waals surface area contributed by atoms with Crippen molar-refractivity contribution in [1.82, 2.24) is 0 Å². The summed E-state index contributed by atoms with van der Waals surface area (Å²) < 4.78 is 5.36. The molecule has 0 aliphatic rings. The fraction of sp³-hybridized carbons (Fsp3) is 0.571. The standard InChI is InChI=1S/C14H23NO2/c1-5-12(9-16)8-15-13-6-10(2)11(3)7-14(13)17-4/h6-7,12,15-16H,5,8-9H2,1-4H3. The van der Waals surface area contributed by atoms with Crippen molar-refractivity contribution in [2.45, 2.75) is 27.2 Å². The second kappa shape index (κ2) is 6.50. The number of hydrogen-bond donors (Lipinski definition) is 2. The summed E-state index contributed by atoms with van der Waals surface area (Å²) in [4.78, 5) is 0. The van der Waals surface area contributed by atoms with E-state index in [2.05, 4.69) is 32.2 Å². The monoisotopic (exact) mass is 237 g/mol. The molecule has 0 radical (unpaired) electrons. The summed E-state index contributed by atoms with van der Waals surface area (Å²) >= 11 is 0. The van der Waals surface area contributed by atoms with Gasteiger partial charge in [0.05, 0.1) is 12.8 Å². The molecule has 0 bridgehead atoms. The zero-order valence-corrected chi connectivity index (χ0v) is 11.2. The molecule has 17 heavy (non-hydrogen) atoms. The molecular formula is C14H23NO2. The Morgan fingerprint density at radius 2 is 1.94 bits per heavy atom. The van der Waals surface area contributed by atoms with Gasteiger partial charge in [-0.25, -0.2) is 0 Å². The zero-order chi connectivity index (χ0) is 12.8. The largest absolute Gasteiger partial charge is 0.495 e. The summed E-state index contributed by atoms with van der Waals surface area (Å²) in [5.74, 6) is 1.15. The summed E-state index contributed by atoms with van der Waals surface area (Å²) in [5, 5.41) is 12.5. The average molecular weight is 237 g/mol. The van der Waals surface area contributed by atoms with Crippen LogP contribution in [-0.4, -0.2) is 25.4 Å². The molecule has 2 N–H and O–H groups in total. The molecule has 0 aliphatic carbocycles. The van der Waals surface area contributed by atoms with Crippen LogP contribution >= 0.6 is 0 Å². The van der Waals surface area contributed by atoms with Gasteiger partial charge in [-0.2, -0.15) is 0 Å². The maximum absolute atomic E-state index is 9.16. The van der Waals surface area contributed by atoms with Gasteiger partial charge in [0.1, 0.15) is 5.75 Å². The number of aliphatic hydroxyl groups excluding tert-OH is 1. The second-order valence-electron chi connectivity index (χ2n) is 4.47. The fourth-order valence-electron chi connectivity index (χ4n) is 1.69. The van der Waals surface area contributed by atoms with Crippen molar-refractivity contribution in [1.29, 1.82) is 0 Å². The van der Waals surface area contributed by atoms with Gasteiger partial charge in [0, 0.05) is 13.2 Å². The Morgan fingerprint density at radius 3 is 2.47 bits per heavy atom. The minimum atomic E-state index is 0.219. The lowest BCUT2D eigenvalue weighted by Crippen LogP contribution is -2.17. The van der Waals surface area contributed by atoms with Crippen LogP contribution in [-0.2, 0) is 0 Å². The Labute approximate surface area is 104 Å². The number of hydrogen-bond acceptors (Lipinski definition) is 3. The lowest BCUT2D eigenvalue weighted by atomic mass is 10.1. The number of aryl methyl sites for hydroxylation is 2. The van der Waals surface area contributed by atoms with E-state index in [1.807, 2.05) is 6.07 Å². The second-order valence-corrected chi connectivity index (χ2v) is 4.47. The molecule has 0 aliphatic heterocycles. The molecule has 0 aromatic heterocycles. The van der Waals surface area contributed by atoms with Gasteiger partial charge in [-0.05, 0) is 49.4 Å². The molecule has 0 spiro atoms. The third-order valence-electron chi connectivity index (χ3n) is 3.23. The average Bonchev–Trinajstić information content (AvgIpc) is 2.34. The number of benzene rings is 1. The summed E-state index contributed by atoms with van der Waals surface area (Å²) in [7, 11) is 1.68. The van der Waals surface area contributed by atoms with Crippen LogP contribution in [0.15, 0.2) is 12.1 Å². The molecule has 1 atom stereocenters. The summed E-state index contributed by atoms with van der Waals surface area (Å²) in [5.41, 5.74) is 3.47. The van der Waals surface area contributed by atoms with Crippen LogP contribution in [0.1, 0.15) is 24.5 Å². The molecule has 0 fully saturated rings. The van der Waals surface area contributed by atoms with Gasteiger partial charge in [0.15, 0.2) is 0 Å². The van der Waals surface area contributed by atoms with E-state index in [1.165, 1.54) is 11.1 Å². The van der Waals surface area contributed by atoms with Crippen LogP contribution in [0, 0.1) is 19.8 Å². The molecular weight excluding hydrogens is 214 g/mol. The smallest absolute Gasteiger partial charge is 0.142 e. The first kappa shape index (κ1) is 13.8. The topological polar surface area (TPSA) is 41.5 Å². The minimum absolute atomic E-state index is 0.219. The van der Waals surface area contributed by atoms with Crippen LogP contribution in [0.4, 0.5) is 5.69 Å². The van der Waals surface area contributed by atoms with Crippen LogP contribution in [0.25, 0.3) is 0 Å². The Bertz CT molecular complexity index is 359. The van der Waals surface area contributed by atoms with Crippen molar-refractivity contribution >= 4 is 5.69 Å². The van der Waals surface area contributed by atoms with Crippen LogP contribution in [0.2, 0.25) is 0 Å². The van der Waals surface area contributed by atoms with E-state index < -0.39 is 0 Å². The lowest BCUT2D eigenvalue weighted by Gasteiger charge is -2.17. The van der Waals surface area contributed by atoms with E-state index in [0.717, 1.165) is 24.4 Å². The molecule has 0 saturated heterocycles. The highest BCUT2D eigenvalue weighted by atomic mass is 16.5. The Balaban J connectivity index is 2.79. The quantitative estimate of drug-likeness (QED) is 0.799. The highest BCUT2D eigenvalue weighted by Crippen LogP contribution is 2.28. The Hall–Kier alpha value is -1.22. The fourth-order valence-corrected chi connectivity index (χ4v) is 1.69. The normalized spacial score (nSPS) is 12.3. The van der Waals surface area contributed by atoms with E-state index in [1.54, 1.807) is 7.11 Å². The third-order valence-corrected chi connectivity index (χ3v) is 3.23. The number of ether oxygens (including phenoxy) is 1. The first-order valence-electron chi connectivity index (χ1n) is 6.12. The first-order chi connectivity index (χ1) is 8.12. The van der Waals surface area contributed by atoms with E-state index in [9.17, 15) is 0 Å². The first-order valence-corrected chi connectivity index (χ1v) is 6.12. The van der Waals surface area contributed by atoms with E-state index in [4.69, 9.17) is 9.84 Å². The van der Waals surface area contributed by atoms with Crippen molar-refractivity contribution in [2.75, 3.05) is 25.6 Å². The molecule has 1 aromatic carbocycles. The van der Waals surface area contributed by atoms with Gasteiger partial charge in [-0.1, -0.05) is 6.92 Å². The van der Waals surface area contributed by atoms with Crippen LogP contribution in [0.5, 0.6) is 5.75 Å². The van der Waals surface area contributed by atoms with Crippen molar-refractivity contribution in [3.63, 3.8) is 0 Å². The minimum Gasteiger partial charge on any atom is -0.495 e. The van der Waals surface area contributed by atoms with Gasteiger partial charge in [0.25, 0.3) is 0 Å².